The van der Waals surface area contributed by atoms with Gasteiger partial charge in [-0.25, -0.2) is 4.79 Å². The number of ether oxygens (including phenoxy) is 2. The van der Waals surface area contributed by atoms with Crippen LogP contribution in [-0.4, -0.2) is 58.3 Å². The SMILES string of the molecule is C/C=C(/C(=O)OC)[C@H]1[C@H](O)[C@H](OC(=O)C(C)C)[C@](C)(O)[C@H]1C(C)O. The van der Waals surface area contributed by atoms with Gasteiger partial charge >= 0.3 is 11.9 Å². The molecule has 1 saturated carbocycles. The van der Waals surface area contributed by atoms with Crippen molar-refractivity contribution in [2.75, 3.05) is 7.11 Å². The number of methoxy groups -OCH3 is 1. The van der Waals surface area contributed by atoms with E-state index < -0.39 is 53.6 Å². The third kappa shape index (κ3) is 3.63. The van der Waals surface area contributed by atoms with Gasteiger partial charge in [0.2, 0.25) is 0 Å². The molecule has 1 aliphatic rings. The first-order chi connectivity index (χ1) is 11.0. The van der Waals surface area contributed by atoms with Crippen LogP contribution in [0.5, 0.6) is 0 Å². The first kappa shape index (κ1) is 20.6. The number of aliphatic hydroxyl groups is 3. The molecular formula is C17H28O7. The van der Waals surface area contributed by atoms with E-state index in [1.165, 1.54) is 27.0 Å². The number of carbonyl (C=O) groups is 2. The van der Waals surface area contributed by atoms with Gasteiger partial charge in [0, 0.05) is 17.4 Å². The summed E-state index contributed by atoms with van der Waals surface area (Å²) in [4.78, 5) is 24.0. The number of esters is 2. The Morgan fingerprint density at radius 2 is 1.79 bits per heavy atom. The van der Waals surface area contributed by atoms with E-state index in [1.54, 1.807) is 20.8 Å². The minimum absolute atomic E-state index is 0.124. The maximum Gasteiger partial charge on any atom is 0.333 e. The summed E-state index contributed by atoms with van der Waals surface area (Å²) >= 11 is 0. The van der Waals surface area contributed by atoms with Crippen LogP contribution in [0.4, 0.5) is 0 Å². The fraction of sp³-hybridized carbons (Fsp3) is 0.765. The molecule has 7 heteroatoms. The van der Waals surface area contributed by atoms with Gasteiger partial charge in [-0.2, -0.15) is 0 Å². The van der Waals surface area contributed by atoms with Crippen LogP contribution in [0, 0.1) is 17.8 Å². The van der Waals surface area contributed by atoms with Crippen molar-refractivity contribution in [3.05, 3.63) is 11.6 Å². The molecule has 1 unspecified atom stereocenters. The van der Waals surface area contributed by atoms with Crippen molar-refractivity contribution in [1.82, 2.24) is 0 Å². The van der Waals surface area contributed by atoms with Crippen LogP contribution in [-0.2, 0) is 19.1 Å². The molecule has 7 nitrogen and oxygen atoms in total. The lowest BCUT2D eigenvalue weighted by atomic mass is 9.79. The van der Waals surface area contributed by atoms with E-state index >= 15 is 0 Å². The average molecular weight is 344 g/mol. The van der Waals surface area contributed by atoms with E-state index in [4.69, 9.17) is 9.47 Å². The van der Waals surface area contributed by atoms with E-state index in [0.717, 1.165) is 0 Å². The molecule has 6 atom stereocenters. The highest BCUT2D eigenvalue weighted by Crippen LogP contribution is 2.47. The molecule has 0 aromatic heterocycles. The first-order valence-corrected chi connectivity index (χ1v) is 8.04. The Balaban J connectivity index is 3.33. The van der Waals surface area contributed by atoms with Crippen molar-refractivity contribution >= 4 is 11.9 Å². The normalized spacial score (nSPS) is 35.0. The Morgan fingerprint density at radius 3 is 2.17 bits per heavy atom. The van der Waals surface area contributed by atoms with Crippen molar-refractivity contribution in [3.63, 3.8) is 0 Å². The minimum Gasteiger partial charge on any atom is -0.466 e. The van der Waals surface area contributed by atoms with E-state index in [1.807, 2.05) is 0 Å². The second kappa shape index (κ2) is 7.63. The molecule has 0 heterocycles. The largest absolute Gasteiger partial charge is 0.466 e. The highest BCUT2D eigenvalue weighted by atomic mass is 16.6. The number of carbonyl (C=O) groups excluding carboxylic acids is 2. The van der Waals surface area contributed by atoms with Crippen LogP contribution < -0.4 is 0 Å². The Bertz CT molecular complexity index is 507. The molecule has 1 rings (SSSR count). The van der Waals surface area contributed by atoms with Crippen LogP contribution >= 0.6 is 0 Å². The molecule has 0 radical (unpaired) electrons. The van der Waals surface area contributed by atoms with Crippen molar-refractivity contribution in [1.29, 1.82) is 0 Å². The number of aliphatic hydroxyl groups excluding tert-OH is 2. The summed E-state index contributed by atoms with van der Waals surface area (Å²) in [6, 6.07) is 0. The molecule has 1 fully saturated rings. The number of hydrogen-bond acceptors (Lipinski definition) is 7. The van der Waals surface area contributed by atoms with Gasteiger partial charge in [0.05, 0.1) is 19.1 Å². The van der Waals surface area contributed by atoms with E-state index in [-0.39, 0.29) is 5.57 Å². The Kier molecular flexibility index (Phi) is 6.55. The number of allylic oxidation sites excluding steroid dienone is 1. The molecule has 0 bridgehead atoms. The zero-order chi connectivity index (χ0) is 18.8. The molecule has 0 aromatic rings. The fourth-order valence-corrected chi connectivity index (χ4v) is 3.48. The second-order valence-electron chi connectivity index (χ2n) is 6.76. The first-order valence-electron chi connectivity index (χ1n) is 8.04. The van der Waals surface area contributed by atoms with Crippen molar-refractivity contribution < 1.29 is 34.4 Å². The molecule has 138 valence electrons. The monoisotopic (exact) mass is 344 g/mol. The van der Waals surface area contributed by atoms with Gasteiger partial charge in [0.15, 0.2) is 6.10 Å². The van der Waals surface area contributed by atoms with Crippen LogP contribution in [0.15, 0.2) is 11.6 Å². The van der Waals surface area contributed by atoms with Crippen molar-refractivity contribution in [3.8, 4) is 0 Å². The Hall–Kier alpha value is -1.44. The van der Waals surface area contributed by atoms with Gasteiger partial charge in [0.1, 0.15) is 11.7 Å². The van der Waals surface area contributed by atoms with Crippen LogP contribution in [0.2, 0.25) is 0 Å². The maximum atomic E-state index is 12.0. The predicted molar refractivity (Wildman–Crippen MR) is 85.8 cm³/mol. The molecular weight excluding hydrogens is 316 g/mol. The van der Waals surface area contributed by atoms with Gasteiger partial charge in [-0.15, -0.1) is 0 Å². The summed E-state index contributed by atoms with van der Waals surface area (Å²) in [5.74, 6) is -3.53. The van der Waals surface area contributed by atoms with Gasteiger partial charge in [-0.1, -0.05) is 19.9 Å². The van der Waals surface area contributed by atoms with Crippen LogP contribution in [0.1, 0.15) is 34.6 Å². The van der Waals surface area contributed by atoms with Gasteiger partial charge in [-0.3, -0.25) is 4.79 Å². The van der Waals surface area contributed by atoms with Crippen molar-refractivity contribution in [2.24, 2.45) is 17.8 Å². The highest BCUT2D eigenvalue weighted by Gasteiger charge is 2.62. The van der Waals surface area contributed by atoms with Crippen molar-refractivity contribution in [2.45, 2.75) is 58.5 Å². The lowest BCUT2D eigenvalue weighted by Gasteiger charge is -2.34. The van der Waals surface area contributed by atoms with E-state index in [2.05, 4.69) is 0 Å². The van der Waals surface area contributed by atoms with E-state index in [0.29, 0.717) is 0 Å². The standard InChI is InChI=1S/C17H28O7/c1-7-10(16(21)23-6)11-12(9(4)18)17(5,22)14(13(11)19)24-15(20)8(2)3/h7-9,11-14,18-19,22H,1-6H3/b10-7+/t9?,11-,12+,13+,14+,17-/m1/s1. The third-order valence-corrected chi connectivity index (χ3v) is 4.64. The topological polar surface area (TPSA) is 113 Å². The molecule has 0 spiro atoms. The summed E-state index contributed by atoms with van der Waals surface area (Å²) < 4.78 is 10.0. The summed E-state index contributed by atoms with van der Waals surface area (Å²) in [5.41, 5.74) is -1.59. The molecule has 3 N–H and O–H groups in total. The zero-order valence-electron chi connectivity index (χ0n) is 15.0. The number of hydrogen-bond donors (Lipinski definition) is 3. The summed E-state index contributed by atoms with van der Waals surface area (Å²) in [5, 5.41) is 31.7. The Labute approximate surface area is 142 Å². The molecule has 1 aliphatic carbocycles. The van der Waals surface area contributed by atoms with Crippen LogP contribution in [0.3, 0.4) is 0 Å². The summed E-state index contributed by atoms with van der Waals surface area (Å²) in [6.07, 6.45) is -2.20. The lowest BCUT2D eigenvalue weighted by Crippen LogP contribution is -2.48. The summed E-state index contributed by atoms with van der Waals surface area (Å²) in [6.45, 7) is 7.70. The average Bonchev–Trinajstić information content (AvgIpc) is 2.68. The maximum absolute atomic E-state index is 12.0. The third-order valence-electron chi connectivity index (χ3n) is 4.64. The number of rotatable bonds is 5. The quantitative estimate of drug-likeness (QED) is 0.489. The molecule has 0 aromatic carbocycles. The van der Waals surface area contributed by atoms with Gasteiger partial charge in [-0.05, 0) is 20.8 Å². The molecule has 0 amide bonds. The predicted octanol–water partition coefficient (Wildman–Crippen LogP) is 0.412. The zero-order valence-corrected chi connectivity index (χ0v) is 15.0. The molecule has 24 heavy (non-hydrogen) atoms. The molecule has 0 aliphatic heterocycles. The van der Waals surface area contributed by atoms with Gasteiger partial charge < -0.3 is 24.8 Å². The minimum atomic E-state index is -1.72. The smallest absolute Gasteiger partial charge is 0.333 e. The molecule has 0 saturated heterocycles. The second-order valence-corrected chi connectivity index (χ2v) is 6.76. The summed E-state index contributed by atoms with van der Waals surface area (Å²) in [7, 11) is 1.21. The fourth-order valence-electron chi connectivity index (χ4n) is 3.48. The Morgan fingerprint density at radius 1 is 1.25 bits per heavy atom. The van der Waals surface area contributed by atoms with Gasteiger partial charge in [0.25, 0.3) is 0 Å². The van der Waals surface area contributed by atoms with E-state index in [9.17, 15) is 24.9 Å². The lowest BCUT2D eigenvalue weighted by molar-refractivity contribution is -0.176. The highest BCUT2D eigenvalue weighted by molar-refractivity contribution is 5.89. The van der Waals surface area contributed by atoms with Crippen LogP contribution in [0.25, 0.3) is 0 Å².